The van der Waals surface area contributed by atoms with Crippen molar-refractivity contribution in [1.29, 1.82) is 0 Å². The number of nitrogens with zero attached hydrogens (tertiary/aromatic N) is 1. The summed E-state index contributed by atoms with van der Waals surface area (Å²) in [4.78, 5) is 11.9. The van der Waals surface area contributed by atoms with Crippen molar-refractivity contribution in [2.75, 3.05) is 18.5 Å². The van der Waals surface area contributed by atoms with Crippen LogP contribution in [0.1, 0.15) is 23.1 Å². The van der Waals surface area contributed by atoms with Crippen molar-refractivity contribution in [3.8, 4) is 11.5 Å². The van der Waals surface area contributed by atoms with Gasteiger partial charge in [0.05, 0.1) is 19.4 Å². The van der Waals surface area contributed by atoms with Crippen molar-refractivity contribution >= 4 is 17.9 Å². The summed E-state index contributed by atoms with van der Waals surface area (Å²) in [7, 11) is 0. The molecule has 6 nitrogen and oxygen atoms in total. The minimum Gasteiger partial charge on any atom is -0.493 e. The van der Waals surface area contributed by atoms with E-state index in [1.807, 2.05) is 74.5 Å². The van der Waals surface area contributed by atoms with Gasteiger partial charge in [-0.15, -0.1) is 0 Å². The van der Waals surface area contributed by atoms with E-state index in [9.17, 15) is 4.79 Å². The van der Waals surface area contributed by atoms with E-state index in [4.69, 9.17) is 9.47 Å². The van der Waals surface area contributed by atoms with E-state index in [0.29, 0.717) is 24.7 Å². The van der Waals surface area contributed by atoms with Crippen molar-refractivity contribution in [1.82, 2.24) is 5.43 Å². The normalized spacial score (nSPS) is 10.6. The Balaban J connectivity index is 1.45. The van der Waals surface area contributed by atoms with Gasteiger partial charge in [-0.2, -0.15) is 5.10 Å². The number of rotatable bonds is 9. The maximum atomic E-state index is 11.9. The zero-order valence-corrected chi connectivity index (χ0v) is 17.8. The highest BCUT2D eigenvalue weighted by Crippen LogP contribution is 2.22. The Kier molecular flexibility index (Phi) is 8.05. The third kappa shape index (κ3) is 6.89. The average molecular weight is 418 g/mol. The first-order chi connectivity index (χ1) is 15.1. The second-order valence-electron chi connectivity index (χ2n) is 7.00. The molecule has 0 aliphatic rings. The second kappa shape index (κ2) is 11.4. The van der Waals surface area contributed by atoms with Gasteiger partial charge >= 0.3 is 6.03 Å². The summed E-state index contributed by atoms with van der Waals surface area (Å²) >= 11 is 0. The molecule has 0 unspecified atom stereocenters. The number of benzene rings is 3. The van der Waals surface area contributed by atoms with Crippen LogP contribution in [0.15, 0.2) is 77.9 Å². The lowest BCUT2D eigenvalue weighted by molar-refractivity contribution is 0.245. The molecule has 0 spiro atoms. The van der Waals surface area contributed by atoms with Gasteiger partial charge < -0.3 is 14.8 Å². The lowest BCUT2D eigenvalue weighted by atomic mass is 10.1. The third-order valence-corrected chi connectivity index (χ3v) is 4.52. The summed E-state index contributed by atoms with van der Waals surface area (Å²) < 4.78 is 11.8. The predicted octanol–water partition coefficient (Wildman–Crippen LogP) is 5.31. The minimum atomic E-state index is -0.413. The van der Waals surface area contributed by atoms with Crippen LogP contribution in [-0.4, -0.2) is 25.5 Å². The van der Waals surface area contributed by atoms with Crippen LogP contribution in [-0.2, 0) is 0 Å². The molecule has 2 N–H and O–H groups in total. The highest BCUT2D eigenvalue weighted by Gasteiger charge is 2.04. The molecule has 6 heteroatoms. The molecular formula is C25H27N3O3. The fourth-order valence-electron chi connectivity index (χ4n) is 3.00. The van der Waals surface area contributed by atoms with E-state index in [2.05, 4.69) is 15.8 Å². The van der Waals surface area contributed by atoms with E-state index in [1.54, 1.807) is 18.3 Å². The SMILES string of the molecule is Cc1cccc(C)c1OCCCOc1ccccc1C=NNC(=O)Nc1ccccc1. The van der Waals surface area contributed by atoms with E-state index in [-0.39, 0.29) is 0 Å². The predicted molar refractivity (Wildman–Crippen MR) is 124 cm³/mol. The Morgan fingerprint density at radius 3 is 2.32 bits per heavy atom. The summed E-state index contributed by atoms with van der Waals surface area (Å²) in [6, 6.07) is 22.4. The number of anilines is 1. The van der Waals surface area contributed by atoms with E-state index in [0.717, 1.165) is 28.9 Å². The first-order valence-electron chi connectivity index (χ1n) is 10.2. The van der Waals surface area contributed by atoms with Crippen LogP contribution < -0.4 is 20.2 Å². The Labute approximate surface area is 182 Å². The zero-order chi connectivity index (χ0) is 21.9. The Bertz CT molecular complexity index is 999. The Hall–Kier alpha value is -3.80. The number of aryl methyl sites for hydroxylation is 2. The molecule has 160 valence electrons. The van der Waals surface area contributed by atoms with Crippen LogP contribution in [0.25, 0.3) is 0 Å². The molecule has 0 saturated carbocycles. The average Bonchev–Trinajstić information content (AvgIpc) is 2.77. The number of carbonyl (C=O) groups excluding carboxylic acids is 1. The third-order valence-electron chi connectivity index (χ3n) is 4.52. The van der Waals surface area contributed by atoms with Gasteiger partial charge in [-0.3, -0.25) is 0 Å². The van der Waals surface area contributed by atoms with E-state index in [1.165, 1.54) is 0 Å². The maximum absolute atomic E-state index is 11.9. The van der Waals surface area contributed by atoms with E-state index < -0.39 is 6.03 Å². The summed E-state index contributed by atoms with van der Waals surface area (Å²) in [5, 5.41) is 6.71. The Morgan fingerprint density at radius 2 is 1.55 bits per heavy atom. The molecule has 0 aromatic heterocycles. The van der Waals surface area contributed by atoms with Crippen molar-refractivity contribution in [2.45, 2.75) is 20.3 Å². The van der Waals surface area contributed by atoms with Gasteiger partial charge in [-0.25, -0.2) is 10.2 Å². The molecule has 3 rings (SSSR count). The number of para-hydroxylation sites is 3. The summed E-state index contributed by atoms with van der Waals surface area (Å²) in [6.07, 6.45) is 2.31. The van der Waals surface area contributed by atoms with Crippen molar-refractivity contribution in [3.05, 3.63) is 89.5 Å². The smallest absolute Gasteiger partial charge is 0.339 e. The lowest BCUT2D eigenvalue weighted by Crippen LogP contribution is -2.24. The monoisotopic (exact) mass is 417 g/mol. The Morgan fingerprint density at radius 1 is 0.871 bits per heavy atom. The standard InChI is InChI=1S/C25H27N3O3/c1-19-10-8-11-20(2)24(19)31-17-9-16-30-23-15-7-6-12-21(23)18-26-28-25(29)27-22-13-4-3-5-14-22/h3-8,10-15,18H,9,16-17H2,1-2H3,(H2,27,28,29). The highest BCUT2D eigenvalue weighted by molar-refractivity contribution is 5.90. The van der Waals surface area contributed by atoms with Crippen LogP contribution in [0.2, 0.25) is 0 Å². The van der Waals surface area contributed by atoms with Gasteiger partial charge in [0.15, 0.2) is 0 Å². The van der Waals surface area contributed by atoms with Gasteiger partial charge in [0, 0.05) is 17.7 Å². The molecule has 0 heterocycles. The molecule has 0 aliphatic heterocycles. The van der Waals surface area contributed by atoms with Crippen molar-refractivity contribution < 1.29 is 14.3 Å². The van der Waals surface area contributed by atoms with E-state index >= 15 is 0 Å². The molecule has 3 aromatic carbocycles. The van der Waals surface area contributed by atoms with Crippen molar-refractivity contribution in [3.63, 3.8) is 0 Å². The number of ether oxygens (including phenoxy) is 2. The topological polar surface area (TPSA) is 72.0 Å². The van der Waals surface area contributed by atoms with Crippen LogP contribution in [0.4, 0.5) is 10.5 Å². The zero-order valence-electron chi connectivity index (χ0n) is 17.8. The van der Waals surface area contributed by atoms with Gasteiger partial charge in [-0.05, 0) is 49.2 Å². The van der Waals surface area contributed by atoms with Crippen LogP contribution >= 0.6 is 0 Å². The van der Waals surface area contributed by atoms with Crippen LogP contribution in [0, 0.1) is 13.8 Å². The van der Waals surface area contributed by atoms with Crippen LogP contribution in [0.3, 0.4) is 0 Å². The molecule has 0 aliphatic carbocycles. The molecule has 3 aromatic rings. The van der Waals surface area contributed by atoms with Crippen LogP contribution in [0.5, 0.6) is 11.5 Å². The molecular weight excluding hydrogens is 390 g/mol. The molecule has 0 radical (unpaired) electrons. The highest BCUT2D eigenvalue weighted by atomic mass is 16.5. The molecule has 2 amide bonds. The number of hydrogen-bond donors (Lipinski definition) is 2. The number of nitrogens with one attached hydrogen (secondary N) is 2. The number of carbonyl (C=O) groups is 1. The first-order valence-corrected chi connectivity index (χ1v) is 10.2. The van der Waals surface area contributed by atoms with Gasteiger partial charge in [-0.1, -0.05) is 48.5 Å². The molecule has 0 fully saturated rings. The number of urea groups is 1. The fourth-order valence-corrected chi connectivity index (χ4v) is 3.00. The lowest BCUT2D eigenvalue weighted by Gasteiger charge is -2.13. The molecule has 31 heavy (non-hydrogen) atoms. The minimum absolute atomic E-state index is 0.413. The number of hydrazone groups is 1. The molecule has 0 saturated heterocycles. The fraction of sp³-hybridized carbons (Fsp3) is 0.200. The largest absolute Gasteiger partial charge is 0.493 e. The number of amides is 2. The van der Waals surface area contributed by atoms with Gasteiger partial charge in [0.25, 0.3) is 0 Å². The van der Waals surface area contributed by atoms with Crippen molar-refractivity contribution in [2.24, 2.45) is 5.10 Å². The maximum Gasteiger partial charge on any atom is 0.339 e. The molecule has 0 bridgehead atoms. The quantitative estimate of drug-likeness (QED) is 0.282. The first kappa shape index (κ1) is 21.9. The summed E-state index contributed by atoms with van der Waals surface area (Å²) in [5.74, 6) is 1.64. The summed E-state index contributed by atoms with van der Waals surface area (Å²) in [6.45, 7) is 5.17. The number of hydrogen-bond acceptors (Lipinski definition) is 4. The molecule has 0 atom stereocenters. The van der Waals surface area contributed by atoms with Gasteiger partial charge in [0.1, 0.15) is 11.5 Å². The second-order valence-corrected chi connectivity index (χ2v) is 7.00. The summed E-state index contributed by atoms with van der Waals surface area (Å²) in [5.41, 5.74) is 6.19. The van der Waals surface area contributed by atoms with Gasteiger partial charge in [0.2, 0.25) is 0 Å².